The highest BCUT2D eigenvalue weighted by Gasteiger charge is 2.15. The smallest absolute Gasteiger partial charge is 0.166 e. The topological polar surface area (TPSA) is 49.3 Å². The zero-order chi connectivity index (χ0) is 8.55. The Morgan fingerprint density at radius 2 is 2.25 bits per heavy atom. The maximum atomic E-state index is 11.3. The van der Waals surface area contributed by atoms with Crippen LogP contribution in [0.4, 0.5) is 5.69 Å². The molecule has 0 spiro atoms. The fourth-order valence-corrected chi connectivity index (χ4v) is 1.37. The number of nitrogens with one attached hydrogen (secondary N) is 1. The number of ketones is 1. The van der Waals surface area contributed by atoms with Crippen LogP contribution in [0, 0.1) is 0 Å². The Balaban J connectivity index is 2.53. The van der Waals surface area contributed by atoms with Crippen molar-refractivity contribution in [2.45, 2.75) is 6.42 Å². The van der Waals surface area contributed by atoms with Gasteiger partial charge in [-0.05, 0) is 12.1 Å². The van der Waals surface area contributed by atoms with Gasteiger partial charge >= 0.3 is 0 Å². The number of rotatable bonds is 0. The Bertz CT molecular complexity index is 333. The van der Waals surface area contributed by atoms with Crippen LogP contribution in [0.3, 0.4) is 0 Å². The number of aromatic hydroxyl groups is 1. The van der Waals surface area contributed by atoms with Gasteiger partial charge in [0.25, 0.3) is 0 Å². The summed E-state index contributed by atoms with van der Waals surface area (Å²) < 4.78 is 0. The third-order valence-corrected chi connectivity index (χ3v) is 1.97. The molecule has 2 N–H and O–H groups in total. The van der Waals surface area contributed by atoms with E-state index in [1.54, 1.807) is 12.1 Å². The lowest BCUT2D eigenvalue weighted by molar-refractivity contribution is 0.0984. The molecule has 0 amide bonds. The van der Waals surface area contributed by atoms with E-state index in [9.17, 15) is 4.79 Å². The van der Waals surface area contributed by atoms with Gasteiger partial charge in [-0.25, -0.2) is 0 Å². The summed E-state index contributed by atoms with van der Waals surface area (Å²) >= 11 is 0. The van der Waals surface area contributed by atoms with E-state index in [1.165, 1.54) is 6.07 Å². The molecule has 0 radical (unpaired) electrons. The lowest BCUT2D eigenvalue weighted by Gasteiger charge is -2.16. The number of fused-ring (bicyclic) bond motifs is 1. The van der Waals surface area contributed by atoms with Crippen LogP contribution < -0.4 is 5.32 Å². The van der Waals surface area contributed by atoms with Crippen molar-refractivity contribution in [3.63, 3.8) is 0 Å². The van der Waals surface area contributed by atoms with Crippen molar-refractivity contribution in [3.8, 4) is 5.75 Å². The molecule has 0 fully saturated rings. The summed E-state index contributed by atoms with van der Waals surface area (Å²) in [5.41, 5.74) is 1.42. The van der Waals surface area contributed by atoms with Gasteiger partial charge in [-0.3, -0.25) is 4.79 Å². The first-order valence-corrected chi connectivity index (χ1v) is 3.87. The van der Waals surface area contributed by atoms with E-state index in [1.807, 2.05) is 0 Å². The quantitative estimate of drug-likeness (QED) is 0.607. The molecule has 3 nitrogen and oxygen atoms in total. The van der Waals surface area contributed by atoms with E-state index in [-0.39, 0.29) is 11.5 Å². The lowest BCUT2D eigenvalue weighted by Crippen LogP contribution is -2.17. The number of anilines is 1. The second-order valence-corrected chi connectivity index (χ2v) is 2.83. The van der Waals surface area contributed by atoms with E-state index in [0.717, 1.165) is 5.69 Å². The van der Waals surface area contributed by atoms with Crippen LogP contribution in [-0.2, 0) is 0 Å². The van der Waals surface area contributed by atoms with E-state index >= 15 is 0 Å². The number of phenols is 1. The molecule has 1 aliphatic rings. The van der Waals surface area contributed by atoms with Crippen LogP contribution in [0.1, 0.15) is 16.8 Å². The minimum atomic E-state index is 0.142. The molecule has 0 unspecified atom stereocenters. The molecule has 2 rings (SSSR count). The highest BCUT2D eigenvalue weighted by molar-refractivity contribution is 6.03. The molecule has 1 aromatic carbocycles. The van der Waals surface area contributed by atoms with Crippen molar-refractivity contribution in [2.75, 3.05) is 11.9 Å². The number of hydrogen-bond donors (Lipinski definition) is 2. The molecule has 1 aromatic rings. The van der Waals surface area contributed by atoms with Gasteiger partial charge < -0.3 is 10.4 Å². The third-order valence-electron chi connectivity index (χ3n) is 1.97. The van der Waals surface area contributed by atoms with Crippen LogP contribution in [-0.4, -0.2) is 17.4 Å². The highest BCUT2D eigenvalue weighted by atomic mass is 16.3. The van der Waals surface area contributed by atoms with Gasteiger partial charge in [-0.1, -0.05) is 0 Å². The normalized spacial score (nSPS) is 15.2. The molecule has 62 valence electrons. The molecular formula is C9H9NO2. The summed E-state index contributed by atoms with van der Waals surface area (Å²) in [7, 11) is 0. The number of hydrogen-bond acceptors (Lipinski definition) is 3. The van der Waals surface area contributed by atoms with Gasteiger partial charge in [-0.2, -0.15) is 0 Å². The number of carbonyl (C=O) groups excluding carboxylic acids is 1. The first-order valence-electron chi connectivity index (χ1n) is 3.87. The Hall–Kier alpha value is -1.51. The van der Waals surface area contributed by atoms with Crippen LogP contribution in [0.2, 0.25) is 0 Å². The summed E-state index contributed by atoms with van der Waals surface area (Å²) in [4.78, 5) is 11.3. The average Bonchev–Trinajstić information content (AvgIpc) is 2.04. The molecule has 0 saturated heterocycles. The second-order valence-electron chi connectivity index (χ2n) is 2.83. The molecule has 0 aliphatic carbocycles. The summed E-state index contributed by atoms with van der Waals surface area (Å²) in [6.07, 6.45) is 0.539. The Morgan fingerprint density at radius 3 is 3.08 bits per heavy atom. The second kappa shape index (κ2) is 2.52. The zero-order valence-electron chi connectivity index (χ0n) is 6.50. The predicted molar refractivity (Wildman–Crippen MR) is 45.5 cm³/mol. The first kappa shape index (κ1) is 7.16. The summed E-state index contributed by atoms with van der Waals surface area (Å²) in [6, 6.07) is 4.76. The predicted octanol–water partition coefficient (Wildman–Crippen LogP) is 1.39. The van der Waals surface area contributed by atoms with Gasteiger partial charge in [0.2, 0.25) is 0 Å². The fraction of sp³-hybridized carbons (Fsp3) is 0.222. The molecule has 1 aliphatic heterocycles. The van der Waals surface area contributed by atoms with Crippen LogP contribution in [0.15, 0.2) is 18.2 Å². The SMILES string of the molecule is O=C1CCNc2cc(O)ccc21. The van der Waals surface area contributed by atoms with Crippen molar-refractivity contribution in [1.82, 2.24) is 0 Å². The maximum absolute atomic E-state index is 11.3. The van der Waals surface area contributed by atoms with Gasteiger partial charge in [0.15, 0.2) is 5.78 Å². The van der Waals surface area contributed by atoms with Crippen LogP contribution in [0.5, 0.6) is 5.75 Å². The molecule has 1 heterocycles. The van der Waals surface area contributed by atoms with E-state index in [2.05, 4.69) is 5.32 Å². The molecule has 0 saturated carbocycles. The number of Topliss-reactive ketones (excluding diaryl/α,β-unsaturated/α-hetero) is 1. The van der Waals surface area contributed by atoms with Crippen LogP contribution in [0.25, 0.3) is 0 Å². The monoisotopic (exact) mass is 163 g/mol. The van der Waals surface area contributed by atoms with Crippen LogP contribution >= 0.6 is 0 Å². The Labute approximate surface area is 70.0 Å². The standard InChI is InChI=1S/C9H9NO2/c11-6-1-2-7-8(5-6)10-4-3-9(7)12/h1-2,5,10-11H,3-4H2. The van der Waals surface area contributed by atoms with Crippen molar-refractivity contribution in [1.29, 1.82) is 0 Å². The number of carbonyl (C=O) groups is 1. The summed E-state index contributed by atoms with van der Waals surface area (Å²) in [6.45, 7) is 0.662. The van der Waals surface area contributed by atoms with E-state index in [4.69, 9.17) is 5.11 Å². The van der Waals surface area contributed by atoms with Gasteiger partial charge in [0.1, 0.15) is 5.75 Å². The fourth-order valence-electron chi connectivity index (χ4n) is 1.37. The third kappa shape index (κ3) is 1.03. The minimum Gasteiger partial charge on any atom is -0.508 e. The minimum absolute atomic E-state index is 0.142. The van der Waals surface area contributed by atoms with Crippen molar-refractivity contribution in [3.05, 3.63) is 23.8 Å². The highest BCUT2D eigenvalue weighted by Crippen LogP contribution is 2.25. The average molecular weight is 163 g/mol. The lowest BCUT2D eigenvalue weighted by atomic mass is 10.0. The van der Waals surface area contributed by atoms with Gasteiger partial charge in [-0.15, -0.1) is 0 Å². The molecular weight excluding hydrogens is 154 g/mol. The maximum Gasteiger partial charge on any atom is 0.166 e. The molecule has 3 heteroatoms. The molecule has 0 bridgehead atoms. The molecule has 0 atom stereocenters. The van der Waals surface area contributed by atoms with Crippen molar-refractivity contribution < 1.29 is 9.90 Å². The largest absolute Gasteiger partial charge is 0.508 e. The van der Waals surface area contributed by atoms with Crippen molar-refractivity contribution >= 4 is 11.5 Å². The van der Waals surface area contributed by atoms with Crippen molar-refractivity contribution in [2.24, 2.45) is 0 Å². The van der Waals surface area contributed by atoms with E-state index < -0.39 is 0 Å². The van der Waals surface area contributed by atoms with E-state index in [0.29, 0.717) is 18.5 Å². The molecule has 0 aromatic heterocycles. The number of benzene rings is 1. The summed E-state index contributed by atoms with van der Waals surface area (Å²) in [5, 5.41) is 12.2. The van der Waals surface area contributed by atoms with Gasteiger partial charge in [0.05, 0.1) is 0 Å². The zero-order valence-corrected chi connectivity index (χ0v) is 6.50. The van der Waals surface area contributed by atoms with Gasteiger partial charge in [0, 0.05) is 30.3 Å². The Kier molecular flexibility index (Phi) is 1.50. The first-order chi connectivity index (χ1) is 5.77. The molecule has 12 heavy (non-hydrogen) atoms. The Morgan fingerprint density at radius 1 is 1.42 bits per heavy atom. The summed E-state index contributed by atoms with van der Waals surface area (Å²) in [5.74, 6) is 0.333. The number of phenolic OH excluding ortho intramolecular Hbond substituents is 1.